The van der Waals surface area contributed by atoms with Gasteiger partial charge in [0.25, 0.3) is 5.56 Å². The van der Waals surface area contributed by atoms with Gasteiger partial charge in [-0.1, -0.05) is 24.3 Å². The molecule has 0 bridgehead atoms. The van der Waals surface area contributed by atoms with Crippen molar-refractivity contribution in [2.75, 3.05) is 23.9 Å². The van der Waals surface area contributed by atoms with Gasteiger partial charge in [-0.3, -0.25) is 9.36 Å². The van der Waals surface area contributed by atoms with E-state index in [0.29, 0.717) is 28.2 Å². The number of nitrogen functional groups attached to an aromatic ring is 2. The van der Waals surface area contributed by atoms with Gasteiger partial charge in [0.15, 0.2) is 5.82 Å². The molecule has 0 unspecified atom stereocenters. The summed E-state index contributed by atoms with van der Waals surface area (Å²) in [6.07, 6.45) is 0. The van der Waals surface area contributed by atoms with E-state index in [2.05, 4.69) is 15.3 Å². The zero-order valence-electron chi connectivity index (χ0n) is 17.4. The van der Waals surface area contributed by atoms with Crippen LogP contribution in [0.2, 0.25) is 0 Å². The first-order valence-corrected chi connectivity index (χ1v) is 9.69. The molecular formula is C22H20N8O2. The fourth-order valence-electron chi connectivity index (χ4n) is 3.48. The van der Waals surface area contributed by atoms with Crippen molar-refractivity contribution < 1.29 is 4.74 Å². The first-order chi connectivity index (χ1) is 15.4. The molecule has 0 radical (unpaired) electrons. The predicted molar refractivity (Wildman–Crippen MR) is 122 cm³/mol. The van der Waals surface area contributed by atoms with Gasteiger partial charge >= 0.3 is 0 Å². The van der Waals surface area contributed by atoms with Gasteiger partial charge in [0.1, 0.15) is 34.4 Å². The number of anilines is 3. The summed E-state index contributed by atoms with van der Waals surface area (Å²) in [5.74, 6) is 0.880. The van der Waals surface area contributed by atoms with Crippen LogP contribution >= 0.6 is 0 Å². The van der Waals surface area contributed by atoms with Crippen molar-refractivity contribution in [2.45, 2.75) is 13.0 Å². The Morgan fingerprint density at radius 1 is 1.09 bits per heavy atom. The van der Waals surface area contributed by atoms with E-state index in [1.54, 1.807) is 25.1 Å². The van der Waals surface area contributed by atoms with E-state index in [1.165, 1.54) is 11.7 Å². The zero-order valence-corrected chi connectivity index (χ0v) is 17.4. The van der Waals surface area contributed by atoms with Crippen molar-refractivity contribution in [3.05, 3.63) is 70.3 Å². The first-order valence-electron chi connectivity index (χ1n) is 9.69. The maximum absolute atomic E-state index is 13.6. The third kappa shape index (κ3) is 3.52. The smallest absolute Gasteiger partial charge is 0.269 e. The number of methoxy groups -OCH3 is 1. The number of nitrogens with two attached hydrogens (primary N) is 2. The monoisotopic (exact) mass is 428 g/mol. The van der Waals surface area contributed by atoms with Crippen LogP contribution in [0.15, 0.2) is 53.3 Å². The molecule has 2 aromatic heterocycles. The molecule has 2 aromatic carbocycles. The summed E-state index contributed by atoms with van der Waals surface area (Å²) in [5, 5.41) is 12.9. The Hall–Kier alpha value is -4.65. The number of hydrogen-bond donors (Lipinski definition) is 3. The van der Waals surface area contributed by atoms with Crippen LogP contribution in [-0.4, -0.2) is 26.6 Å². The standard InChI is InChI=1S/C22H20N8O2/c1-12(26-19-14(11-23)18(24)28-22(25)29-19)20-27-15-9-6-10-16(32-2)17(15)21(31)30(20)13-7-4-3-5-8-13/h3-10,12H,1-2H3,(H5,24,25,26,28,29)/t12-/m0/s1. The number of nitrogens with one attached hydrogen (secondary N) is 1. The molecule has 4 rings (SSSR count). The lowest BCUT2D eigenvalue weighted by molar-refractivity contribution is 0.419. The topological polar surface area (TPSA) is 158 Å². The summed E-state index contributed by atoms with van der Waals surface area (Å²) in [7, 11) is 1.51. The van der Waals surface area contributed by atoms with Gasteiger partial charge in [-0.25, -0.2) is 4.98 Å². The number of nitriles is 1. The third-order valence-electron chi connectivity index (χ3n) is 4.93. The SMILES string of the molecule is COc1cccc2nc([C@H](C)Nc3nc(N)nc(N)c3C#N)n(-c3ccccc3)c(=O)c12. The number of rotatable bonds is 5. The van der Waals surface area contributed by atoms with Crippen LogP contribution in [0.3, 0.4) is 0 Å². The number of nitrogens with zero attached hydrogens (tertiary/aromatic N) is 5. The molecule has 0 amide bonds. The lowest BCUT2D eigenvalue weighted by Gasteiger charge is -2.21. The van der Waals surface area contributed by atoms with E-state index in [9.17, 15) is 10.1 Å². The molecule has 1 atom stereocenters. The molecule has 5 N–H and O–H groups in total. The van der Waals surface area contributed by atoms with Gasteiger partial charge in [-0.05, 0) is 31.2 Å². The minimum atomic E-state index is -0.556. The molecule has 0 fully saturated rings. The highest BCUT2D eigenvalue weighted by Crippen LogP contribution is 2.27. The molecule has 160 valence electrons. The van der Waals surface area contributed by atoms with Crippen LogP contribution in [0, 0.1) is 11.3 Å². The molecule has 10 nitrogen and oxygen atoms in total. The van der Waals surface area contributed by atoms with E-state index in [1.807, 2.05) is 36.4 Å². The van der Waals surface area contributed by atoms with Crippen LogP contribution in [-0.2, 0) is 0 Å². The Morgan fingerprint density at radius 2 is 1.84 bits per heavy atom. The Kier molecular flexibility index (Phi) is 5.30. The molecule has 0 spiro atoms. The highest BCUT2D eigenvalue weighted by molar-refractivity contribution is 5.84. The number of hydrogen-bond acceptors (Lipinski definition) is 9. The van der Waals surface area contributed by atoms with Gasteiger partial charge < -0.3 is 21.5 Å². The number of fused-ring (bicyclic) bond motifs is 1. The Morgan fingerprint density at radius 3 is 2.53 bits per heavy atom. The van der Waals surface area contributed by atoms with E-state index < -0.39 is 6.04 Å². The quantitative estimate of drug-likeness (QED) is 0.434. The maximum atomic E-state index is 13.6. The van der Waals surface area contributed by atoms with E-state index in [0.717, 1.165) is 0 Å². The predicted octanol–water partition coefficient (Wildman–Crippen LogP) is 2.39. The van der Waals surface area contributed by atoms with Crippen LogP contribution in [0.5, 0.6) is 5.75 Å². The Bertz CT molecular complexity index is 1410. The maximum Gasteiger partial charge on any atom is 0.269 e. The van der Waals surface area contributed by atoms with Gasteiger partial charge in [-0.15, -0.1) is 0 Å². The molecule has 0 saturated carbocycles. The summed E-state index contributed by atoms with van der Waals surface area (Å²) in [5.41, 5.74) is 12.4. The Labute approximate surface area is 183 Å². The molecule has 32 heavy (non-hydrogen) atoms. The average molecular weight is 428 g/mol. The van der Waals surface area contributed by atoms with Crippen molar-refractivity contribution in [1.82, 2.24) is 19.5 Å². The lowest BCUT2D eigenvalue weighted by Crippen LogP contribution is -2.28. The largest absolute Gasteiger partial charge is 0.496 e. The second kappa shape index (κ2) is 8.23. The summed E-state index contributed by atoms with van der Waals surface area (Å²) < 4.78 is 6.90. The van der Waals surface area contributed by atoms with Crippen molar-refractivity contribution in [1.29, 1.82) is 5.26 Å². The summed E-state index contributed by atoms with van der Waals surface area (Å²) in [6, 6.07) is 15.8. The number of benzene rings is 2. The summed E-state index contributed by atoms with van der Waals surface area (Å²) in [4.78, 5) is 26.3. The van der Waals surface area contributed by atoms with Crippen LogP contribution in [0.1, 0.15) is 24.4 Å². The normalized spacial score (nSPS) is 11.7. The molecule has 2 heterocycles. The van der Waals surface area contributed by atoms with E-state index >= 15 is 0 Å². The van der Waals surface area contributed by atoms with Gasteiger partial charge in [-0.2, -0.15) is 15.2 Å². The highest BCUT2D eigenvalue weighted by atomic mass is 16.5. The molecule has 0 aliphatic carbocycles. The van der Waals surface area contributed by atoms with Crippen LogP contribution in [0.4, 0.5) is 17.6 Å². The van der Waals surface area contributed by atoms with E-state index in [-0.39, 0.29) is 28.7 Å². The van der Waals surface area contributed by atoms with Crippen molar-refractivity contribution in [3.63, 3.8) is 0 Å². The first kappa shape index (κ1) is 20.6. The summed E-state index contributed by atoms with van der Waals surface area (Å²) >= 11 is 0. The van der Waals surface area contributed by atoms with Crippen molar-refractivity contribution in [3.8, 4) is 17.5 Å². The summed E-state index contributed by atoms with van der Waals surface area (Å²) in [6.45, 7) is 1.79. The second-order valence-corrected chi connectivity index (χ2v) is 6.97. The van der Waals surface area contributed by atoms with Crippen molar-refractivity contribution in [2.24, 2.45) is 0 Å². The molecule has 10 heteroatoms. The van der Waals surface area contributed by atoms with Gasteiger partial charge in [0.2, 0.25) is 5.95 Å². The molecular weight excluding hydrogens is 408 g/mol. The van der Waals surface area contributed by atoms with Gasteiger partial charge in [0, 0.05) is 0 Å². The molecule has 0 saturated heterocycles. The minimum absolute atomic E-state index is 0.0358. The lowest BCUT2D eigenvalue weighted by atomic mass is 10.1. The van der Waals surface area contributed by atoms with Crippen LogP contribution < -0.4 is 27.1 Å². The second-order valence-electron chi connectivity index (χ2n) is 6.97. The molecule has 0 aliphatic heterocycles. The van der Waals surface area contributed by atoms with E-state index in [4.69, 9.17) is 21.2 Å². The highest BCUT2D eigenvalue weighted by Gasteiger charge is 2.22. The molecule has 0 aliphatic rings. The fraction of sp³-hybridized carbons (Fsp3) is 0.136. The zero-order chi connectivity index (χ0) is 22.8. The Balaban J connectivity index is 1.95. The number of para-hydroxylation sites is 1. The number of ether oxygens (including phenoxy) is 1. The molecule has 4 aromatic rings. The van der Waals surface area contributed by atoms with Gasteiger partial charge in [0.05, 0.1) is 24.4 Å². The fourth-order valence-corrected chi connectivity index (χ4v) is 3.48. The minimum Gasteiger partial charge on any atom is -0.496 e. The average Bonchev–Trinajstić information content (AvgIpc) is 2.78. The van der Waals surface area contributed by atoms with Crippen molar-refractivity contribution >= 4 is 28.5 Å². The third-order valence-corrected chi connectivity index (χ3v) is 4.93. The van der Waals surface area contributed by atoms with Crippen LogP contribution in [0.25, 0.3) is 16.6 Å². The number of aromatic nitrogens is 4.